The van der Waals surface area contributed by atoms with Gasteiger partial charge < -0.3 is 60.9 Å². The molecular weight excluding hydrogens is 1090 g/mol. The van der Waals surface area contributed by atoms with Crippen LogP contribution in [0.4, 0.5) is 13.2 Å². The fourth-order valence-corrected chi connectivity index (χ4v) is 9.14. The van der Waals surface area contributed by atoms with Crippen molar-refractivity contribution in [3.05, 3.63) is 56.7 Å². The van der Waals surface area contributed by atoms with Crippen molar-refractivity contribution in [3.8, 4) is 22.8 Å². The Balaban J connectivity index is 0.000000390. The van der Waals surface area contributed by atoms with Crippen molar-refractivity contribution < 1.29 is 98.2 Å². The number of esters is 4. The summed E-state index contributed by atoms with van der Waals surface area (Å²) in [5.74, 6) is -3.95. The van der Waals surface area contributed by atoms with Gasteiger partial charge in [0.15, 0.2) is 17.6 Å². The van der Waals surface area contributed by atoms with Gasteiger partial charge in [0.2, 0.25) is 0 Å². The predicted octanol–water partition coefficient (Wildman–Crippen LogP) is 6.47. The molecule has 22 heteroatoms. The molecule has 3 heterocycles. The molecule has 3 aromatic rings. The van der Waals surface area contributed by atoms with Gasteiger partial charge in [0.1, 0.15) is 47.0 Å². The second-order valence-electron chi connectivity index (χ2n) is 14.5. The summed E-state index contributed by atoms with van der Waals surface area (Å²) in [6, 6.07) is 4.36. The van der Waals surface area contributed by atoms with E-state index >= 15 is 0 Å². The van der Waals surface area contributed by atoms with E-state index in [0.29, 0.717) is 20.9 Å². The first kappa shape index (κ1) is 56.7. The molecular formula is C42H53AuClF3NO14PS. The predicted molar refractivity (Wildman–Crippen MR) is 230 cm³/mol. The Morgan fingerprint density at radius 1 is 0.891 bits per heavy atom. The van der Waals surface area contributed by atoms with E-state index in [2.05, 4.69) is 20.8 Å². The number of phenols is 2. The Morgan fingerprint density at radius 2 is 1.45 bits per heavy atom. The number of aromatic hydroxyl groups is 2. The molecule has 64 heavy (non-hydrogen) atoms. The Kier molecular flexibility index (Phi) is 22.6. The van der Waals surface area contributed by atoms with Crippen molar-refractivity contribution in [2.75, 3.05) is 45.3 Å². The van der Waals surface area contributed by atoms with Gasteiger partial charge >= 0.3 is 52.4 Å². The molecule has 0 aliphatic carbocycles. The quantitative estimate of drug-likeness (QED) is 0.0619. The summed E-state index contributed by atoms with van der Waals surface area (Å²) < 4.78 is 70.5. The molecule has 2 aliphatic rings. The zero-order valence-electron chi connectivity index (χ0n) is 36.3. The minimum Gasteiger partial charge on any atom is -0.757 e. The Bertz CT molecular complexity index is 2140. The number of carbonyl (C=O) groups is 4. The molecule has 1 aromatic heterocycles. The third-order valence-corrected chi connectivity index (χ3v) is 13.6. The van der Waals surface area contributed by atoms with Crippen molar-refractivity contribution >= 4 is 67.0 Å². The number of phenolic OH excluding ortho intramolecular Hbond substituents is 2. The number of carbonyl (C=O) groups excluding carboxylic acids is 4. The molecule has 5 rings (SSSR count). The summed E-state index contributed by atoms with van der Waals surface area (Å²) in [4.78, 5) is 59.8. The molecule has 15 nitrogen and oxygen atoms in total. The van der Waals surface area contributed by atoms with Gasteiger partial charge in [-0.3, -0.25) is 24.0 Å². The standard InChI is InChI=1S/C22H19ClF3NO5.C14H20O9S.C6H15P.Au/c1-27-5-4-12(14(27)9-28)19-15(29)7-16(30)20-17(31)8-18(32-21(19)20)11-3-2-10(6-13(11)23)22(24,25)26;1-6(15)19-5-10-11(20-7(2)16)12(21-8(3)17)13(14(24)23-10)22-9(4)18;1-4-7(5-2)6-3;/h2-3,6-8,12,14,28-30H,4-5,9H2,1H3;10-14,24H,5H2,1-4H3;4-6H2,1-3H3;/q;;;+1/p-1/t12-,14+;10-,11-,12+,13-,14+;;/m11../s1. The van der Waals surface area contributed by atoms with E-state index < -0.39 is 82.6 Å². The minimum atomic E-state index is -4.59. The number of benzene rings is 2. The van der Waals surface area contributed by atoms with Gasteiger partial charge in [-0.25, -0.2) is 0 Å². The van der Waals surface area contributed by atoms with Gasteiger partial charge in [0.05, 0.1) is 17.2 Å². The fourth-order valence-electron chi connectivity index (χ4n) is 7.17. The maximum absolute atomic E-state index is 13.0. The van der Waals surface area contributed by atoms with Gasteiger partial charge in [-0.15, -0.1) is 7.92 Å². The van der Waals surface area contributed by atoms with Gasteiger partial charge in [-0.05, 0) is 62.1 Å². The fraction of sp³-hybridized carbons (Fsp3) is 0.548. The van der Waals surface area contributed by atoms with E-state index in [1.165, 1.54) is 25.4 Å². The van der Waals surface area contributed by atoms with E-state index in [-0.39, 0.29) is 80.3 Å². The number of fused-ring (bicyclic) bond motifs is 1. The Morgan fingerprint density at radius 3 is 1.94 bits per heavy atom. The van der Waals surface area contributed by atoms with Crippen LogP contribution in [0.25, 0.3) is 22.3 Å². The summed E-state index contributed by atoms with van der Waals surface area (Å²) in [5.41, 5.74) is -2.50. The van der Waals surface area contributed by atoms with Crippen LogP contribution in [0.1, 0.15) is 71.9 Å². The van der Waals surface area contributed by atoms with Crippen molar-refractivity contribution in [3.63, 3.8) is 0 Å². The van der Waals surface area contributed by atoms with Crippen LogP contribution in [0.15, 0.2) is 39.5 Å². The molecule has 0 radical (unpaired) electrons. The molecule has 360 valence electrons. The second-order valence-corrected chi connectivity index (χ2v) is 18.6. The van der Waals surface area contributed by atoms with E-state index in [9.17, 15) is 52.5 Å². The van der Waals surface area contributed by atoms with Crippen LogP contribution in [0.5, 0.6) is 11.5 Å². The third-order valence-electron chi connectivity index (χ3n) is 10.2. The first-order valence-electron chi connectivity index (χ1n) is 19.9. The molecule has 0 bridgehead atoms. The third kappa shape index (κ3) is 15.1. The van der Waals surface area contributed by atoms with Crippen molar-refractivity contribution in [1.82, 2.24) is 4.90 Å². The average molecular weight is 1150 g/mol. The largest absolute Gasteiger partial charge is 1.00 e. The molecule has 2 fully saturated rings. The average Bonchev–Trinajstić information content (AvgIpc) is 3.55. The maximum Gasteiger partial charge on any atom is 1.00 e. The van der Waals surface area contributed by atoms with Crippen LogP contribution < -0.4 is 5.43 Å². The molecule has 0 unspecified atom stereocenters. The first-order chi connectivity index (χ1) is 29.5. The molecule has 0 spiro atoms. The van der Waals surface area contributed by atoms with Gasteiger partial charge in [-0.1, -0.05) is 32.4 Å². The molecule has 2 aromatic carbocycles. The SMILES string of the molecule is CC(=O)OC[C@H]1O[C@@H]([S-])[C@H](OC(C)=O)[C@@H](OC(C)=O)[C@@H]1OC(C)=O.CCP(CC)CC.CN1CC[C@@H](c2c(O)cc(O)c3c(=O)cc(-c4ccc(C(F)(F)F)cc4Cl)oc23)[C@@H]1CO.[Au+]. The number of halogens is 4. The van der Waals surface area contributed by atoms with E-state index in [1.54, 1.807) is 0 Å². The molecule has 2 aliphatic heterocycles. The molecule has 0 amide bonds. The molecule has 3 N–H and O–H groups in total. The molecule has 7 atom stereocenters. The number of nitrogens with zero attached hydrogens (tertiary/aromatic N) is 1. The zero-order valence-corrected chi connectivity index (χ0v) is 41.0. The Hall–Kier alpha value is -3.39. The number of hydrogen-bond acceptors (Lipinski definition) is 16. The summed E-state index contributed by atoms with van der Waals surface area (Å²) in [6.45, 7) is 11.6. The topological polar surface area (TPSA) is 209 Å². The number of aliphatic hydroxyl groups is 1. The van der Waals surface area contributed by atoms with Crippen LogP contribution in [0.3, 0.4) is 0 Å². The number of likely N-dealkylation sites (N-methyl/N-ethyl adjacent to an activating group) is 1. The van der Waals surface area contributed by atoms with Crippen molar-refractivity contribution in [2.24, 2.45) is 0 Å². The van der Waals surface area contributed by atoms with Crippen LogP contribution in [-0.4, -0.2) is 125 Å². The monoisotopic (exact) mass is 1150 g/mol. The number of aliphatic hydroxyl groups excluding tert-OH is 1. The number of ether oxygens (including phenoxy) is 5. The summed E-state index contributed by atoms with van der Waals surface area (Å²) in [6.07, 6.45) is -4.26. The van der Waals surface area contributed by atoms with E-state index in [1.807, 2.05) is 11.9 Å². The summed E-state index contributed by atoms with van der Waals surface area (Å²) in [7, 11) is 2.26. The maximum atomic E-state index is 13.0. The van der Waals surface area contributed by atoms with Crippen LogP contribution in [0, 0.1) is 0 Å². The first-order valence-corrected chi connectivity index (χ1v) is 22.6. The van der Waals surface area contributed by atoms with Crippen LogP contribution in [0.2, 0.25) is 5.02 Å². The van der Waals surface area contributed by atoms with Gasteiger partial charge in [0, 0.05) is 62.9 Å². The summed E-state index contributed by atoms with van der Waals surface area (Å²) >= 11 is 11.2. The van der Waals surface area contributed by atoms with E-state index in [0.717, 1.165) is 51.1 Å². The van der Waals surface area contributed by atoms with Gasteiger partial charge in [-0.2, -0.15) is 13.2 Å². The van der Waals surface area contributed by atoms with Crippen LogP contribution in [-0.2, 0) is 84.0 Å². The minimum absolute atomic E-state index is 0. The number of rotatable bonds is 11. The van der Waals surface area contributed by atoms with Gasteiger partial charge in [0.25, 0.3) is 0 Å². The summed E-state index contributed by atoms with van der Waals surface area (Å²) in [5, 5.41) is 30.3. The van der Waals surface area contributed by atoms with E-state index in [4.69, 9.17) is 52.3 Å². The zero-order chi connectivity index (χ0) is 47.5. The van der Waals surface area contributed by atoms with Crippen molar-refractivity contribution in [2.45, 2.75) is 103 Å². The molecule has 2 saturated heterocycles. The van der Waals surface area contributed by atoms with Crippen LogP contribution >= 0.6 is 19.5 Å². The number of likely N-dealkylation sites (tertiary alicyclic amines) is 1. The van der Waals surface area contributed by atoms with Crippen molar-refractivity contribution in [1.29, 1.82) is 0 Å². The number of hydrogen-bond donors (Lipinski definition) is 3. The molecule has 0 saturated carbocycles. The normalized spacial score (nSPS) is 22.0. The smallest absolute Gasteiger partial charge is 0.757 e. The number of alkyl halides is 3. The second kappa shape index (κ2) is 25.5. The Labute approximate surface area is 395 Å².